The second kappa shape index (κ2) is 4.14. The van der Waals surface area contributed by atoms with Crippen LogP contribution in [0, 0.1) is 0 Å². The molecule has 0 aliphatic heterocycles. The highest BCUT2D eigenvalue weighted by molar-refractivity contribution is 5.79. The number of carbonyl (C=O) groups excluding carboxylic acids is 1. The molecule has 0 bridgehead atoms. The summed E-state index contributed by atoms with van der Waals surface area (Å²) in [5, 5.41) is 0.494. The van der Waals surface area contributed by atoms with Crippen LogP contribution in [0.2, 0.25) is 0 Å². The van der Waals surface area contributed by atoms with E-state index >= 15 is 0 Å². The molecule has 1 heterocycles. The zero-order valence-corrected chi connectivity index (χ0v) is 8.71. The summed E-state index contributed by atoms with van der Waals surface area (Å²) in [5.41, 5.74) is 0.379. The smallest absolute Gasteiger partial charge is 0.325 e. The summed E-state index contributed by atoms with van der Waals surface area (Å²) >= 11 is 0. The first kappa shape index (κ1) is 10.4. The maximum absolute atomic E-state index is 11.4. The third kappa shape index (κ3) is 1.79. The van der Waals surface area contributed by atoms with Gasteiger partial charge in [-0.15, -0.1) is 0 Å². The van der Waals surface area contributed by atoms with Gasteiger partial charge in [0, 0.05) is 0 Å². The number of aromatic nitrogens is 2. The molecule has 0 fully saturated rings. The van der Waals surface area contributed by atoms with Crippen LogP contribution in [0.5, 0.6) is 0 Å². The highest BCUT2D eigenvalue weighted by Crippen LogP contribution is 2.08. The summed E-state index contributed by atoms with van der Waals surface area (Å²) in [6, 6.07) is 7.00. The van der Waals surface area contributed by atoms with Gasteiger partial charge in [0.1, 0.15) is 6.54 Å². The summed E-state index contributed by atoms with van der Waals surface area (Å²) in [4.78, 5) is 26.3. The Labute approximate surface area is 91.3 Å². The van der Waals surface area contributed by atoms with E-state index in [-0.39, 0.29) is 18.1 Å². The van der Waals surface area contributed by atoms with E-state index in [1.54, 1.807) is 28.8 Å². The lowest BCUT2D eigenvalue weighted by Gasteiger charge is -2.07. The lowest BCUT2D eigenvalue weighted by atomic mass is 10.2. The van der Waals surface area contributed by atoms with Crippen LogP contribution >= 0.6 is 0 Å². The Morgan fingerprint density at radius 1 is 1.44 bits per heavy atom. The molecule has 0 atom stereocenters. The lowest BCUT2D eigenvalue weighted by Crippen LogP contribution is -2.17. The molecule has 5 heteroatoms. The van der Waals surface area contributed by atoms with Gasteiger partial charge in [-0.25, -0.2) is 0 Å². The fraction of sp³-hybridized carbons (Fsp3) is 0.182. The molecule has 0 amide bonds. The Bertz CT molecular complexity index is 589. The Hall–Kier alpha value is -2.17. The second-order valence-corrected chi connectivity index (χ2v) is 3.27. The normalized spacial score (nSPS) is 10.3. The van der Waals surface area contributed by atoms with Crippen LogP contribution in [0.25, 0.3) is 10.9 Å². The lowest BCUT2D eigenvalue weighted by molar-refractivity contribution is -0.141. The standard InChI is InChI=1S/C11H10N2O3/c1-16-10(14)6-13-7-12-11(15)8-4-2-3-5-9(8)13/h2-5,7H,6H2,1H3. The number of hydrogen-bond donors (Lipinski definition) is 0. The predicted molar refractivity (Wildman–Crippen MR) is 58.0 cm³/mol. The number of methoxy groups -OCH3 is 1. The van der Waals surface area contributed by atoms with Gasteiger partial charge in [0.2, 0.25) is 0 Å². The van der Waals surface area contributed by atoms with Gasteiger partial charge in [-0.2, -0.15) is 4.98 Å². The van der Waals surface area contributed by atoms with Crippen molar-refractivity contribution < 1.29 is 9.53 Å². The van der Waals surface area contributed by atoms with Crippen molar-refractivity contribution in [3.8, 4) is 0 Å². The van der Waals surface area contributed by atoms with Crippen molar-refractivity contribution in [2.75, 3.05) is 7.11 Å². The van der Waals surface area contributed by atoms with Crippen molar-refractivity contribution in [3.05, 3.63) is 40.9 Å². The number of ether oxygens (including phenoxy) is 1. The Balaban J connectivity index is 2.59. The number of benzene rings is 1. The van der Waals surface area contributed by atoms with Crippen molar-refractivity contribution >= 4 is 16.9 Å². The molecule has 2 rings (SSSR count). The Morgan fingerprint density at radius 2 is 2.19 bits per heavy atom. The predicted octanol–water partition coefficient (Wildman–Crippen LogP) is 0.569. The van der Waals surface area contributed by atoms with Crippen LogP contribution in [0.1, 0.15) is 0 Å². The molecule has 5 nitrogen and oxygen atoms in total. The first-order valence-corrected chi connectivity index (χ1v) is 4.73. The third-order valence-corrected chi connectivity index (χ3v) is 2.29. The molecule has 1 aromatic heterocycles. The molecule has 0 radical (unpaired) electrons. The fourth-order valence-corrected chi connectivity index (χ4v) is 1.49. The molecule has 0 saturated carbocycles. The average molecular weight is 218 g/mol. The van der Waals surface area contributed by atoms with E-state index in [1.165, 1.54) is 13.4 Å². The highest BCUT2D eigenvalue weighted by Gasteiger charge is 2.06. The van der Waals surface area contributed by atoms with E-state index in [1.807, 2.05) is 0 Å². The van der Waals surface area contributed by atoms with Crippen LogP contribution in [0.4, 0.5) is 0 Å². The highest BCUT2D eigenvalue weighted by atomic mass is 16.5. The molecule has 82 valence electrons. The number of fused-ring (bicyclic) bond motifs is 1. The first-order valence-electron chi connectivity index (χ1n) is 4.73. The topological polar surface area (TPSA) is 61.2 Å². The van der Waals surface area contributed by atoms with Crippen molar-refractivity contribution in [2.45, 2.75) is 6.54 Å². The number of esters is 1. The van der Waals surface area contributed by atoms with Gasteiger partial charge >= 0.3 is 5.97 Å². The van der Waals surface area contributed by atoms with Gasteiger partial charge < -0.3 is 9.30 Å². The Morgan fingerprint density at radius 3 is 2.94 bits per heavy atom. The monoisotopic (exact) mass is 218 g/mol. The van der Waals surface area contributed by atoms with Crippen LogP contribution in [-0.2, 0) is 16.1 Å². The molecule has 0 saturated heterocycles. The zero-order chi connectivity index (χ0) is 11.5. The molecule has 2 aromatic rings. The number of rotatable bonds is 2. The van der Waals surface area contributed by atoms with Crippen LogP contribution < -0.4 is 5.56 Å². The zero-order valence-electron chi connectivity index (χ0n) is 8.71. The summed E-state index contributed by atoms with van der Waals surface area (Å²) < 4.78 is 6.15. The quantitative estimate of drug-likeness (QED) is 0.691. The molecule has 0 aliphatic carbocycles. The van der Waals surface area contributed by atoms with E-state index < -0.39 is 0 Å². The van der Waals surface area contributed by atoms with E-state index in [4.69, 9.17) is 0 Å². The maximum atomic E-state index is 11.4. The molecule has 0 aliphatic rings. The largest absolute Gasteiger partial charge is 0.468 e. The number of para-hydroxylation sites is 1. The van der Waals surface area contributed by atoms with E-state index in [0.29, 0.717) is 10.9 Å². The molecule has 1 aromatic carbocycles. The van der Waals surface area contributed by atoms with Crippen molar-refractivity contribution in [1.29, 1.82) is 0 Å². The maximum Gasteiger partial charge on any atom is 0.325 e. The van der Waals surface area contributed by atoms with Gasteiger partial charge in [0.25, 0.3) is 5.56 Å². The molecular formula is C11H10N2O3. The summed E-state index contributed by atoms with van der Waals surface area (Å²) in [7, 11) is 1.32. The third-order valence-electron chi connectivity index (χ3n) is 2.29. The minimum atomic E-state index is -0.379. The van der Waals surface area contributed by atoms with Crippen molar-refractivity contribution in [3.63, 3.8) is 0 Å². The first-order chi connectivity index (χ1) is 7.72. The summed E-state index contributed by atoms with van der Waals surface area (Å²) in [6.07, 6.45) is 1.35. The van der Waals surface area contributed by atoms with Crippen molar-refractivity contribution in [2.24, 2.45) is 0 Å². The molecular weight excluding hydrogens is 208 g/mol. The van der Waals surface area contributed by atoms with E-state index in [2.05, 4.69) is 9.72 Å². The van der Waals surface area contributed by atoms with Crippen LogP contribution in [0.3, 0.4) is 0 Å². The summed E-state index contributed by atoms with van der Waals surface area (Å²) in [5.74, 6) is -0.379. The minimum absolute atomic E-state index is 0.0459. The SMILES string of the molecule is COC(=O)Cn1cnc(=O)c2ccccc21. The van der Waals surface area contributed by atoms with Gasteiger partial charge in [-0.1, -0.05) is 12.1 Å². The van der Waals surface area contributed by atoms with Crippen LogP contribution in [0.15, 0.2) is 35.4 Å². The minimum Gasteiger partial charge on any atom is -0.468 e. The molecule has 0 N–H and O–H groups in total. The van der Waals surface area contributed by atoms with Gasteiger partial charge in [-0.05, 0) is 12.1 Å². The Kier molecular flexibility index (Phi) is 2.68. The molecule has 0 spiro atoms. The van der Waals surface area contributed by atoms with Gasteiger partial charge in [0.15, 0.2) is 0 Å². The molecule has 16 heavy (non-hydrogen) atoms. The second-order valence-electron chi connectivity index (χ2n) is 3.27. The number of hydrogen-bond acceptors (Lipinski definition) is 4. The number of carbonyl (C=O) groups is 1. The van der Waals surface area contributed by atoms with Gasteiger partial charge in [-0.3, -0.25) is 9.59 Å². The van der Waals surface area contributed by atoms with E-state index in [0.717, 1.165) is 0 Å². The van der Waals surface area contributed by atoms with Crippen molar-refractivity contribution in [1.82, 2.24) is 9.55 Å². The van der Waals surface area contributed by atoms with Gasteiger partial charge in [0.05, 0.1) is 24.3 Å². The fourth-order valence-electron chi connectivity index (χ4n) is 1.49. The van der Waals surface area contributed by atoms with E-state index in [9.17, 15) is 9.59 Å². The van der Waals surface area contributed by atoms with Crippen LogP contribution in [-0.4, -0.2) is 22.6 Å². The average Bonchev–Trinajstić information content (AvgIpc) is 2.33. The summed E-state index contributed by atoms with van der Waals surface area (Å²) in [6.45, 7) is 0.0459. The number of nitrogens with zero attached hydrogens (tertiary/aromatic N) is 2. The molecule has 0 unspecified atom stereocenters.